The minimum Gasteiger partial charge on any atom is -0.390 e. The molecule has 0 bridgehead atoms. The van der Waals surface area contributed by atoms with Crippen LogP contribution in [0.2, 0.25) is 0 Å². The van der Waals surface area contributed by atoms with Gasteiger partial charge in [0.15, 0.2) is 0 Å². The zero-order chi connectivity index (χ0) is 14.9. The summed E-state index contributed by atoms with van der Waals surface area (Å²) in [6.45, 7) is 0.112. The molecule has 0 saturated heterocycles. The van der Waals surface area contributed by atoms with Crippen molar-refractivity contribution in [3.8, 4) is 0 Å². The molecule has 116 valence electrons. The van der Waals surface area contributed by atoms with Crippen LogP contribution in [0, 0.1) is 0 Å². The van der Waals surface area contributed by atoms with Crippen molar-refractivity contribution in [2.45, 2.75) is 51.4 Å². The average Bonchev–Trinajstić information content (AvgIpc) is 2.53. The maximum atomic E-state index is 11.6. The van der Waals surface area contributed by atoms with Crippen molar-refractivity contribution < 1.29 is 14.3 Å². The molecule has 0 aromatic heterocycles. The van der Waals surface area contributed by atoms with Crippen LogP contribution in [0.15, 0.2) is 23.5 Å². The van der Waals surface area contributed by atoms with E-state index in [0.717, 1.165) is 49.9 Å². The molecule has 0 amide bonds. The first kappa shape index (κ1) is 15.6. The van der Waals surface area contributed by atoms with Gasteiger partial charge in [0.05, 0.1) is 0 Å². The fourth-order valence-corrected chi connectivity index (χ4v) is 2.57. The van der Waals surface area contributed by atoms with Gasteiger partial charge in [-0.15, -0.1) is 0 Å². The number of carbonyl (C=O) groups excluding carboxylic acids is 2. The number of hydrogen-bond donors (Lipinski definition) is 2. The summed E-state index contributed by atoms with van der Waals surface area (Å²) >= 11 is 0. The summed E-state index contributed by atoms with van der Waals surface area (Å²) in [4.78, 5) is 23.1. The van der Waals surface area contributed by atoms with Gasteiger partial charge in [-0.1, -0.05) is 12.2 Å². The zero-order valence-electron chi connectivity index (χ0n) is 12.5. The predicted molar refractivity (Wildman–Crippen MR) is 80.2 cm³/mol. The summed E-state index contributed by atoms with van der Waals surface area (Å²) in [6.07, 6.45) is 13.0. The lowest BCUT2D eigenvalue weighted by atomic mass is 10.1. The van der Waals surface area contributed by atoms with E-state index < -0.39 is 11.9 Å². The lowest BCUT2D eigenvalue weighted by Gasteiger charge is -2.15. The molecule has 2 rings (SSSR count). The Morgan fingerprint density at radius 3 is 1.71 bits per heavy atom. The van der Waals surface area contributed by atoms with Crippen LogP contribution < -0.4 is 10.6 Å². The predicted octanol–water partition coefficient (Wildman–Crippen LogP) is 2.15. The number of allylic oxidation sites excluding steroid dienone is 4. The van der Waals surface area contributed by atoms with Gasteiger partial charge in [0.1, 0.15) is 13.1 Å². The van der Waals surface area contributed by atoms with Gasteiger partial charge in [-0.2, -0.15) is 0 Å². The van der Waals surface area contributed by atoms with Crippen molar-refractivity contribution in [1.29, 1.82) is 0 Å². The Morgan fingerprint density at radius 1 is 0.857 bits per heavy atom. The molecule has 0 fully saturated rings. The molecular weight excluding hydrogens is 268 g/mol. The third-order valence-corrected chi connectivity index (χ3v) is 3.73. The summed E-state index contributed by atoms with van der Waals surface area (Å²) in [5.74, 6) is -1.04. The van der Waals surface area contributed by atoms with Crippen LogP contribution in [0.5, 0.6) is 0 Å². The molecule has 0 saturated carbocycles. The van der Waals surface area contributed by atoms with Crippen LogP contribution in [0.3, 0.4) is 0 Å². The molecule has 0 radical (unpaired) electrons. The van der Waals surface area contributed by atoms with Crippen molar-refractivity contribution in [2.75, 3.05) is 13.1 Å². The number of ether oxygens (including phenoxy) is 1. The first-order valence-corrected chi connectivity index (χ1v) is 7.83. The van der Waals surface area contributed by atoms with Crippen LogP contribution in [-0.4, -0.2) is 25.0 Å². The summed E-state index contributed by atoms with van der Waals surface area (Å²) < 4.78 is 4.78. The molecule has 2 N–H and O–H groups in total. The summed E-state index contributed by atoms with van der Waals surface area (Å²) in [5, 5.41) is 6.07. The highest BCUT2D eigenvalue weighted by molar-refractivity contribution is 5.87. The normalized spacial score (nSPS) is 18.3. The van der Waals surface area contributed by atoms with E-state index in [1.54, 1.807) is 0 Å². The van der Waals surface area contributed by atoms with Crippen molar-refractivity contribution in [3.63, 3.8) is 0 Å². The largest absolute Gasteiger partial charge is 0.390 e. The van der Waals surface area contributed by atoms with Crippen molar-refractivity contribution in [2.24, 2.45) is 0 Å². The Balaban J connectivity index is 1.61. The molecule has 5 nitrogen and oxygen atoms in total. The van der Waals surface area contributed by atoms with Crippen molar-refractivity contribution in [1.82, 2.24) is 10.6 Å². The van der Waals surface area contributed by atoms with E-state index in [9.17, 15) is 9.59 Å². The van der Waals surface area contributed by atoms with Gasteiger partial charge >= 0.3 is 11.9 Å². The second-order valence-electron chi connectivity index (χ2n) is 5.50. The van der Waals surface area contributed by atoms with Crippen LogP contribution in [-0.2, 0) is 14.3 Å². The summed E-state index contributed by atoms with van der Waals surface area (Å²) in [6, 6.07) is 0. The van der Waals surface area contributed by atoms with E-state index in [4.69, 9.17) is 4.74 Å². The Bertz CT molecular complexity index is 401. The molecule has 2 aliphatic rings. The topological polar surface area (TPSA) is 67.4 Å². The fourth-order valence-electron chi connectivity index (χ4n) is 2.57. The lowest BCUT2D eigenvalue weighted by molar-refractivity contribution is -0.158. The van der Waals surface area contributed by atoms with Crippen LogP contribution >= 0.6 is 0 Å². The first-order chi connectivity index (χ1) is 10.2. The van der Waals surface area contributed by atoms with Gasteiger partial charge in [-0.3, -0.25) is 0 Å². The van der Waals surface area contributed by atoms with E-state index in [2.05, 4.69) is 22.8 Å². The first-order valence-electron chi connectivity index (χ1n) is 7.83. The molecule has 0 spiro atoms. The number of nitrogens with one attached hydrogen (secondary N) is 2. The number of rotatable bonds is 6. The van der Waals surface area contributed by atoms with Crippen molar-refractivity contribution in [3.05, 3.63) is 23.5 Å². The molecule has 5 heteroatoms. The smallest absolute Gasteiger partial charge is 0.333 e. The highest BCUT2D eigenvalue weighted by Crippen LogP contribution is 2.15. The highest BCUT2D eigenvalue weighted by Gasteiger charge is 2.12. The minimum absolute atomic E-state index is 0.0558. The minimum atomic E-state index is -0.522. The molecule has 0 heterocycles. The maximum Gasteiger partial charge on any atom is 0.333 e. The van der Waals surface area contributed by atoms with E-state index >= 15 is 0 Å². The van der Waals surface area contributed by atoms with Crippen molar-refractivity contribution >= 4 is 11.9 Å². The van der Waals surface area contributed by atoms with E-state index in [1.165, 1.54) is 12.8 Å². The third kappa shape index (κ3) is 6.02. The molecule has 2 aliphatic carbocycles. The van der Waals surface area contributed by atoms with Crippen LogP contribution in [0.1, 0.15) is 51.4 Å². The average molecular weight is 292 g/mol. The Kier molecular flexibility index (Phi) is 6.31. The molecule has 0 aromatic carbocycles. The Hall–Kier alpha value is -1.78. The Labute approximate surface area is 125 Å². The molecule has 21 heavy (non-hydrogen) atoms. The SMILES string of the molecule is O=C(CNC1=CCCCC1)OC(=O)CNC1=CCCCC1. The molecular formula is C16H24N2O3. The number of carbonyl (C=O) groups is 2. The molecule has 0 aromatic rings. The molecule has 0 atom stereocenters. The van der Waals surface area contributed by atoms with Crippen LogP contribution in [0.4, 0.5) is 0 Å². The van der Waals surface area contributed by atoms with E-state index in [0.29, 0.717) is 0 Å². The second-order valence-corrected chi connectivity index (χ2v) is 5.50. The molecule has 0 unspecified atom stereocenters. The van der Waals surface area contributed by atoms with Gasteiger partial charge in [-0.25, -0.2) is 9.59 Å². The molecule has 0 aliphatic heterocycles. The fraction of sp³-hybridized carbons (Fsp3) is 0.625. The van der Waals surface area contributed by atoms with Gasteiger partial charge in [0.25, 0.3) is 0 Å². The summed E-state index contributed by atoms with van der Waals surface area (Å²) in [7, 11) is 0. The lowest BCUT2D eigenvalue weighted by Crippen LogP contribution is -2.31. The summed E-state index contributed by atoms with van der Waals surface area (Å²) in [5.41, 5.74) is 2.16. The van der Waals surface area contributed by atoms with E-state index in [1.807, 2.05) is 0 Å². The number of hydrogen-bond acceptors (Lipinski definition) is 5. The van der Waals surface area contributed by atoms with Gasteiger partial charge in [0, 0.05) is 11.4 Å². The third-order valence-electron chi connectivity index (χ3n) is 3.73. The number of esters is 2. The van der Waals surface area contributed by atoms with Gasteiger partial charge in [0.2, 0.25) is 0 Å². The Morgan fingerprint density at radius 2 is 1.33 bits per heavy atom. The van der Waals surface area contributed by atoms with Gasteiger partial charge < -0.3 is 15.4 Å². The van der Waals surface area contributed by atoms with Crippen LogP contribution in [0.25, 0.3) is 0 Å². The monoisotopic (exact) mass is 292 g/mol. The quantitative estimate of drug-likeness (QED) is 0.580. The zero-order valence-corrected chi connectivity index (χ0v) is 12.5. The van der Waals surface area contributed by atoms with Gasteiger partial charge in [-0.05, 0) is 51.4 Å². The maximum absolute atomic E-state index is 11.6. The highest BCUT2D eigenvalue weighted by atomic mass is 16.6. The second kappa shape index (κ2) is 8.49. The standard InChI is InChI=1S/C16H24N2O3/c19-15(11-17-13-7-3-1-4-8-13)21-16(20)12-18-14-9-5-2-6-10-14/h7,9,17-18H,1-6,8,10-12H2. The van der Waals surface area contributed by atoms with E-state index in [-0.39, 0.29) is 13.1 Å².